The van der Waals surface area contributed by atoms with Crippen molar-refractivity contribution in [1.82, 2.24) is 4.90 Å². The fraction of sp³-hybridized carbons (Fsp3) is 0.312. The number of aromatic hydroxyl groups is 1. The zero-order valence-electron chi connectivity index (χ0n) is 11.9. The van der Waals surface area contributed by atoms with Crippen molar-refractivity contribution < 1.29 is 9.90 Å². The quantitative estimate of drug-likeness (QED) is 0.661. The summed E-state index contributed by atoms with van der Waals surface area (Å²) >= 11 is 1.76. The number of hydrogen-bond acceptors (Lipinski definition) is 4. The molecule has 0 aliphatic carbocycles. The van der Waals surface area contributed by atoms with Gasteiger partial charge in [0.25, 0.3) is 5.91 Å². The number of amides is 1. The lowest BCUT2D eigenvalue weighted by Gasteiger charge is -2.35. The second-order valence-corrected chi connectivity index (χ2v) is 6.25. The third kappa shape index (κ3) is 2.38. The highest BCUT2D eigenvalue weighted by molar-refractivity contribution is 7.10. The lowest BCUT2D eigenvalue weighted by Crippen LogP contribution is -2.39. The van der Waals surface area contributed by atoms with Gasteiger partial charge in [-0.25, -0.2) is 0 Å². The molecular weight excluding hydrogens is 284 g/mol. The Balaban J connectivity index is 1.92. The first kappa shape index (κ1) is 13.9. The third-order valence-corrected chi connectivity index (χ3v) is 5.02. The second-order valence-electron chi connectivity index (χ2n) is 5.25. The first-order chi connectivity index (χ1) is 10.1. The molecule has 1 unspecified atom stereocenters. The monoisotopic (exact) mass is 302 g/mol. The molecule has 0 radical (unpaired) electrons. The van der Waals surface area contributed by atoms with Crippen molar-refractivity contribution >= 4 is 22.9 Å². The third-order valence-electron chi connectivity index (χ3n) is 4.02. The van der Waals surface area contributed by atoms with Crippen molar-refractivity contribution in [3.63, 3.8) is 0 Å². The van der Waals surface area contributed by atoms with E-state index in [1.807, 2.05) is 4.90 Å². The van der Waals surface area contributed by atoms with E-state index in [2.05, 4.69) is 18.4 Å². The molecule has 3 N–H and O–H groups in total. The number of phenolic OH excluding ortho intramolecular Hbond substituents is 1. The van der Waals surface area contributed by atoms with Gasteiger partial charge in [-0.15, -0.1) is 11.3 Å². The zero-order chi connectivity index (χ0) is 15.0. The molecule has 0 spiro atoms. The standard InChI is InChI=1S/C16H18N2O2S/c1-2-13-11-6-8-21-15(11)5-7-18(13)16(20)10-3-4-12(17)14(19)9-10/h3-4,6,8-9,13,19H,2,5,7,17H2,1H3. The topological polar surface area (TPSA) is 66.6 Å². The van der Waals surface area contributed by atoms with Crippen molar-refractivity contribution in [2.24, 2.45) is 0 Å². The van der Waals surface area contributed by atoms with Gasteiger partial charge in [-0.05, 0) is 48.1 Å². The molecule has 110 valence electrons. The van der Waals surface area contributed by atoms with Crippen LogP contribution < -0.4 is 5.73 Å². The van der Waals surface area contributed by atoms with Crippen LogP contribution in [0.15, 0.2) is 29.6 Å². The number of carbonyl (C=O) groups excluding carboxylic acids is 1. The average Bonchev–Trinajstić information content (AvgIpc) is 2.96. The molecule has 1 aliphatic heterocycles. The van der Waals surface area contributed by atoms with Gasteiger partial charge in [0.2, 0.25) is 0 Å². The molecule has 4 nitrogen and oxygen atoms in total. The predicted molar refractivity (Wildman–Crippen MR) is 84.6 cm³/mol. The molecule has 2 aromatic rings. The zero-order valence-corrected chi connectivity index (χ0v) is 12.7. The molecule has 1 aromatic carbocycles. The summed E-state index contributed by atoms with van der Waals surface area (Å²) in [5.74, 6) is -0.0869. The van der Waals surface area contributed by atoms with Crippen LogP contribution in [-0.4, -0.2) is 22.5 Å². The molecule has 2 heterocycles. The molecule has 5 heteroatoms. The minimum absolute atomic E-state index is 0.0397. The van der Waals surface area contributed by atoms with Gasteiger partial charge in [-0.1, -0.05) is 6.92 Å². The maximum absolute atomic E-state index is 12.7. The number of anilines is 1. The number of hydrogen-bond donors (Lipinski definition) is 2. The SMILES string of the molecule is CCC1c2ccsc2CCN1C(=O)c1ccc(N)c(O)c1. The van der Waals surface area contributed by atoms with Gasteiger partial charge in [-0.2, -0.15) is 0 Å². The van der Waals surface area contributed by atoms with Crippen LogP contribution >= 0.6 is 11.3 Å². The van der Waals surface area contributed by atoms with E-state index in [0.717, 1.165) is 19.4 Å². The summed E-state index contributed by atoms with van der Waals surface area (Å²) in [5, 5.41) is 11.8. The molecule has 1 amide bonds. The number of carbonyl (C=O) groups is 1. The lowest BCUT2D eigenvalue weighted by atomic mass is 9.97. The summed E-state index contributed by atoms with van der Waals surface area (Å²) < 4.78 is 0. The van der Waals surface area contributed by atoms with Crippen LogP contribution in [-0.2, 0) is 6.42 Å². The number of nitrogens with zero attached hydrogens (tertiary/aromatic N) is 1. The van der Waals surface area contributed by atoms with Crippen LogP contribution in [0.25, 0.3) is 0 Å². The van der Waals surface area contributed by atoms with Crippen molar-refractivity contribution in [2.45, 2.75) is 25.8 Å². The molecule has 21 heavy (non-hydrogen) atoms. The normalized spacial score (nSPS) is 17.6. The molecular formula is C16H18N2O2S. The summed E-state index contributed by atoms with van der Waals surface area (Å²) in [5.41, 5.74) is 7.64. The first-order valence-corrected chi connectivity index (χ1v) is 7.95. The maximum atomic E-state index is 12.7. The molecule has 1 atom stereocenters. The molecule has 0 saturated heterocycles. The van der Waals surface area contributed by atoms with E-state index < -0.39 is 0 Å². The minimum atomic E-state index is -0.0472. The van der Waals surface area contributed by atoms with E-state index >= 15 is 0 Å². The van der Waals surface area contributed by atoms with Crippen LogP contribution in [0.1, 0.15) is 40.2 Å². The van der Waals surface area contributed by atoms with Crippen LogP contribution in [0.5, 0.6) is 5.75 Å². The fourth-order valence-corrected chi connectivity index (χ4v) is 3.85. The Morgan fingerprint density at radius 3 is 3.00 bits per heavy atom. The smallest absolute Gasteiger partial charge is 0.254 e. The van der Waals surface area contributed by atoms with Crippen LogP contribution in [0, 0.1) is 0 Å². The van der Waals surface area contributed by atoms with Gasteiger partial charge in [0, 0.05) is 17.0 Å². The van der Waals surface area contributed by atoms with Crippen LogP contribution in [0.3, 0.4) is 0 Å². The molecule has 0 saturated carbocycles. The van der Waals surface area contributed by atoms with Crippen molar-refractivity contribution in [3.05, 3.63) is 45.6 Å². The Hall–Kier alpha value is -2.01. The Labute approximate surface area is 127 Å². The molecule has 0 bridgehead atoms. The Bertz CT molecular complexity index is 681. The van der Waals surface area contributed by atoms with E-state index in [9.17, 15) is 9.90 Å². The number of rotatable bonds is 2. The van der Waals surface area contributed by atoms with E-state index in [1.54, 1.807) is 23.5 Å². The van der Waals surface area contributed by atoms with Gasteiger partial charge >= 0.3 is 0 Å². The summed E-state index contributed by atoms with van der Waals surface area (Å²) in [6.45, 7) is 2.81. The first-order valence-electron chi connectivity index (χ1n) is 7.07. The largest absolute Gasteiger partial charge is 0.506 e. The number of nitrogen functional groups attached to an aromatic ring is 1. The van der Waals surface area contributed by atoms with E-state index in [1.165, 1.54) is 16.5 Å². The van der Waals surface area contributed by atoms with Crippen molar-refractivity contribution in [2.75, 3.05) is 12.3 Å². The highest BCUT2D eigenvalue weighted by atomic mass is 32.1. The van der Waals surface area contributed by atoms with Gasteiger partial charge in [0.1, 0.15) is 5.75 Å². The Kier molecular flexibility index (Phi) is 3.59. The maximum Gasteiger partial charge on any atom is 0.254 e. The number of benzene rings is 1. The number of fused-ring (bicyclic) bond motifs is 1. The van der Waals surface area contributed by atoms with Gasteiger partial charge < -0.3 is 15.7 Å². The molecule has 1 aliphatic rings. The predicted octanol–water partition coefficient (Wildman–Crippen LogP) is 3.19. The Morgan fingerprint density at radius 2 is 2.29 bits per heavy atom. The van der Waals surface area contributed by atoms with Gasteiger partial charge in [-0.3, -0.25) is 4.79 Å². The fourth-order valence-electron chi connectivity index (χ4n) is 2.92. The Morgan fingerprint density at radius 1 is 1.48 bits per heavy atom. The van der Waals surface area contributed by atoms with Crippen LogP contribution in [0.4, 0.5) is 5.69 Å². The average molecular weight is 302 g/mol. The highest BCUT2D eigenvalue weighted by Crippen LogP contribution is 2.36. The molecule has 1 aromatic heterocycles. The second kappa shape index (κ2) is 5.41. The highest BCUT2D eigenvalue weighted by Gasteiger charge is 2.30. The van der Waals surface area contributed by atoms with Gasteiger partial charge in [0.05, 0.1) is 11.7 Å². The minimum Gasteiger partial charge on any atom is -0.506 e. The molecule has 3 rings (SSSR count). The van der Waals surface area contributed by atoms with E-state index in [-0.39, 0.29) is 23.4 Å². The number of thiophene rings is 1. The van der Waals surface area contributed by atoms with Crippen molar-refractivity contribution in [3.8, 4) is 5.75 Å². The summed E-state index contributed by atoms with van der Waals surface area (Å²) in [6, 6.07) is 6.94. The van der Waals surface area contributed by atoms with Gasteiger partial charge in [0.15, 0.2) is 0 Å². The van der Waals surface area contributed by atoms with E-state index in [4.69, 9.17) is 5.73 Å². The summed E-state index contributed by atoms with van der Waals surface area (Å²) in [6.07, 6.45) is 1.78. The van der Waals surface area contributed by atoms with E-state index in [0.29, 0.717) is 5.56 Å². The summed E-state index contributed by atoms with van der Waals surface area (Å²) in [7, 11) is 0. The summed E-state index contributed by atoms with van der Waals surface area (Å²) in [4.78, 5) is 16.0. The van der Waals surface area contributed by atoms with Crippen molar-refractivity contribution in [1.29, 1.82) is 0 Å². The molecule has 0 fully saturated rings. The number of phenols is 1. The van der Waals surface area contributed by atoms with Crippen LogP contribution in [0.2, 0.25) is 0 Å². The lowest BCUT2D eigenvalue weighted by molar-refractivity contribution is 0.0657. The number of nitrogens with two attached hydrogens (primary N) is 1.